The minimum absolute atomic E-state index is 0.00509. The summed E-state index contributed by atoms with van der Waals surface area (Å²) in [6, 6.07) is 8.71. The maximum absolute atomic E-state index is 12.8. The molecule has 1 amide bonds. The Labute approximate surface area is 118 Å². The second-order valence-electron chi connectivity index (χ2n) is 5.28. The molecule has 2 aliphatic rings. The molecular weight excluding hydrogens is 256 g/mol. The quantitative estimate of drug-likeness (QED) is 0.849. The first-order chi connectivity index (χ1) is 9.27. The SMILES string of the molecule is CC1CNCCN1C(=O)C1SCCc2ccccc21. The third-order valence-corrected chi connectivity index (χ3v) is 5.23. The lowest BCUT2D eigenvalue weighted by Gasteiger charge is -2.37. The molecule has 0 radical (unpaired) electrons. The Morgan fingerprint density at radius 2 is 2.26 bits per heavy atom. The average molecular weight is 276 g/mol. The molecule has 19 heavy (non-hydrogen) atoms. The van der Waals surface area contributed by atoms with Crippen LogP contribution in [0.2, 0.25) is 0 Å². The van der Waals surface area contributed by atoms with Gasteiger partial charge in [0.1, 0.15) is 5.25 Å². The van der Waals surface area contributed by atoms with Crippen molar-refractivity contribution in [2.24, 2.45) is 0 Å². The van der Waals surface area contributed by atoms with Crippen molar-refractivity contribution in [3.05, 3.63) is 35.4 Å². The highest BCUT2D eigenvalue weighted by atomic mass is 32.2. The zero-order valence-corrected chi connectivity index (χ0v) is 12.1. The van der Waals surface area contributed by atoms with Crippen molar-refractivity contribution in [3.63, 3.8) is 0 Å². The number of amides is 1. The number of piperazine rings is 1. The van der Waals surface area contributed by atoms with Gasteiger partial charge >= 0.3 is 0 Å². The first kappa shape index (κ1) is 13.0. The van der Waals surface area contributed by atoms with E-state index in [1.54, 1.807) is 11.8 Å². The van der Waals surface area contributed by atoms with Gasteiger partial charge in [0.15, 0.2) is 0 Å². The smallest absolute Gasteiger partial charge is 0.240 e. The standard InChI is InChI=1S/C15H20N2OS/c1-11-10-16-7-8-17(11)15(18)14-13-5-3-2-4-12(13)6-9-19-14/h2-5,11,14,16H,6-10H2,1H3. The number of hydrogen-bond acceptors (Lipinski definition) is 3. The van der Waals surface area contributed by atoms with E-state index in [0.717, 1.165) is 31.8 Å². The van der Waals surface area contributed by atoms with Gasteiger partial charge in [0.05, 0.1) is 0 Å². The number of benzene rings is 1. The van der Waals surface area contributed by atoms with Crippen LogP contribution in [-0.2, 0) is 11.2 Å². The maximum atomic E-state index is 12.8. The van der Waals surface area contributed by atoms with Gasteiger partial charge in [-0.25, -0.2) is 0 Å². The molecule has 102 valence electrons. The Morgan fingerprint density at radius 3 is 3.11 bits per heavy atom. The van der Waals surface area contributed by atoms with Crippen LogP contribution < -0.4 is 5.32 Å². The topological polar surface area (TPSA) is 32.3 Å². The van der Waals surface area contributed by atoms with Crippen molar-refractivity contribution in [1.82, 2.24) is 10.2 Å². The molecule has 3 rings (SSSR count). The molecule has 4 heteroatoms. The molecule has 0 bridgehead atoms. The highest BCUT2D eigenvalue weighted by Gasteiger charge is 2.33. The molecule has 0 saturated carbocycles. The van der Waals surface area contributed by atoms with E-state index in [2.05, 4.69) is 35.3 Å². The lowest BCUT2D eigenvalue weighted by Crippen LogP contribution is -2.53. The fourth-order valence-corrected chi connectivity index (χ4v) is 4.18. The van der Waals surface area contributed by atoms with E-state index in [4.69, 9.17) is 0 Å². The van der Waals surface area contributed by atoms with Crippen LogP contribution in [-0.4, -0.2) is 42.2 Å². The number of thioether (sulfide) groups is 1. The first-order valence-electron chi connectivity index (χ1n) is 6.98. The largest absolute Gasteiger partial charge is 0.336 e. The molecule has 1 N–H and O–H groups in total. The number of aryl methyl sites for hydroxylation is 1. The van der Waals surface area contributed by atoms with Crippen molar-refractivity contribution < 1.29 is 4.79 Å². The Kier molecular flexibility index (Phi) is 3.80. The molecule has 0 aromatic heterocycles. The van der Waals surface area contributed by atoms with Crippen LogP contribution >= 0.6 is 11.8 Å². The summed E-state index contributed by atoms with van der Waals surface area (Å²) >= 11 is 1.80. The normalized spacial score (nSPS) is 26.9. The van der Waals surface area contributed by atoms with Crippen LogP contribution in [0.1, 0.15) is 23.3 Å². The summed E-state index contributed by atoms with van der Waals surface area (Å²) in [7, 11) is 0. The van der Waals surface area contributed by atoms with Gasteiger partial charge in [0.25, 0.3) is 0 Å². The van der Waals surface area contributed by atoms with Crippen LogP contribution in [0.15, 0.2) is 24.3 Å². The Hall–Kier alpha value is -1.00. The van der Waals surface area contributed by atoms with Crippen molar-refractivity contribution in [2.45, 2.75) is 24.6 Å². The summed E-state index contributed by atoms with van der Waals surface area (Å²) in [5.41, 5.74) is 2.58. The fourth-order valence-electron chi connectivity index (χ4n) is 2.92. The number of rotatable bonds is 1. The van der Waals surface area contributed by atoms with Gasteiger partial charge in [-0.15, -0.1) is 11.8 Å². The van der Waals surface area contributed by atoms with Gasteiger partial charge in [-0.3, -0.25) is 4.79 Å². The molecule has 2 unspecified atom stereocenters. The number of nitrogens with one attached hydrogen (secondary N) is 1. The number of fused-ring (bicyclic) bond motifs is 1. The maximum Gasteiger partial charge on any atom is 0.240 e. The monoisotopic (exact) mass is 276 g/mol. The van der Waals surface area contributed by atoms with Gasteiger partial charge in [-0.2, -0.15) is 0 Å². The predicted octanol–water partition coefficient (Wildman–Crippen LogP) is 1.84. The molecule has 2 aliphatic heterocycles. The van der Waals surface area contributed by atoms with Gasteiger partial charge in [0, 0.05) is 25.7 Å². The van der Waals surface area contributed by atoms with Gasteiger partial charge in [0.2, 0.25) is 5.91 Å². The molecule has 1 saturated heterocycles. The van der Waals surface area contributed by atoms with Gasteiger partial charge in [-0.1, -0.05) is 24.3 Å². The van der Waals surface area contributed by atoms with Crippen LogP contribution in [0.5, 0.6) is 0 Å². The number of carbonyl (C=O) groups is 1. The van der Waals surface area contributed by atoms with E-state index in [1.807, 2.05) is 6.07 Å². The summed E-state index contributed by atoms with van der Waals surface area (Å²) < 4.78 is 0. The van der Waals surface area contributed by atoms with E-state index in [1.165, 1.54) is 11.1 Å². The number of carbonyl (C=O) groups excluding carboxylic acids is 1. The number of nitrogens with zero attached hydrogens (tertiary/aromatic N) is 1. The lowest BCUT2D eigenvalue weighted by atomic mass is 10.00. The summed E-state index contributed by atoms with van der Waals surface area (Å²) in [5, 5.41) is 3.35. The second kappa shape index (κ2) is 5.55. The minimum Gasteiger partial charge on any atom is -0.336 e. The Morgan fingerprint density at radius 1 is 1.42 bits per heavy atom. The molecule has 1 aromatic carbocycles. The van der Waals surface area contributed by atoms with Crippen molar-refractivity contribution in [3.8, 4) is 0 Å². The van der Waals surface area contributed by atoms with Crippen LogP contribution in [0.4, 0.5) is 0 Å². The number of hydrogen-bond donors (Lipinski definition) is 1. The zero-order chi connectivity index (χ0) is 13.2. The second-order valence-corrected chi connectivity index (χ2v) is 6.50. The van der Waals surface area contributed by atoms with Crippen molar-refractivity contribution >= 4 is 17.7 Å². The molecular formula is C15H20N2OS. The third-order valence-electron chi connectivity index (χ3n) is 4.00. The van der Waals surface area contributed by atoms with Crippen LogP contribution in [0.25, 0.3) is 0 Å². The van der Waals surface area contributed by atoms with Gasteiger partial charge in [-0.05, 0) is 30.2 Å². The highest BCUT2D eigenvalue weighted by Crippen LogP contribution is 2.38. The van der Waals surface area contributed by atoms with Crippen molar-refractivity contribution in [2.75, 3.05) is 25.4 Å². The molecule has 2 atom stereocenters. The van der Waals surface area contributed by atoms with Crippen LogP contribution in [0.3, 0.4) is 0 Å². The van der Waals surface area contributed by atoms with Crippen LogP contribution in [0, 0.1) is 0 Å². The molecule has 3 nitrogen and oxygen atoms in total. The summed E-state index contributed by atoms with van der Waals surface area (Å²) in [6.45, 7) is 4.78. The first-order valence-corrected chi connectivity index (χ1v) is 8.03. The molecule has 1 aromatic rings. The van der Waals surface area contributed by atoms with E-state index in [9.17, 15) is 4.79 Å². The lowest BCUT2D eigenvalue weighted by molar-refractivity contribution is -0.133. The van der Waals surface area contributed by atoms with Crippen molar-refractivity contribution in [1.29, 1.82) is 0 Å². The Balaban J connectivity index is 1.84. The summed E-state index contributed by atoms with van der Waals surface area (Å²) in [4.78, 5) is 14.9. The Bertz CT molecular complexity index is 477. The molecule has 0 aliphatic carbocycles. The zero-order valence-electron chi connectivity index (χ0n) is 11.3. The van der Waals surface area contributed by atoms with Gasteiger partial charge < -0.3 is 10.2 Å². The predicted molar refractivity (Wildman–Crippen MR) is 79.4 cm³/mol. The molecule has 2 heterocycles. The summed E-state index contributed by atoms with van der Waals surface area (Å²) in [5.74, 6) is 1.35. The van der Waals surface area contributed by atoms with E-state index < -0.39 is 0 Å². The molecule has 0 spiro atoms. The van der Waals surface area contributed by atoms with E-state index in [-0.39, 0.29) is 5.25 Å². The van der Waals surface area contributed by atoms with E-state index >= 15 is 0 Å². The minimum atomic E-state index is 0.00509. The molecule has 1 fully saturated rings. The highest BCUT2D eigenvalue weighted by molar-refractivity contribution is 8.00. The van der Waals surface area contributed by atoms with E-state index in [0.29, 0.717) is 11.9 Å². The fraction of sp³-hybridized carbons (Fsp3) is 0.533. The average Bonchev–Trinajstić information content (AvgIpc) is 2.46. The summed E-state index contributed by atoms with van der Waals surface area (Å²) in [6.07, 6.45) is 1.09. The third kappa shape index (κ3) is 2.51.